The van der Waals surface area contributed by atoms with Crippen molar-refractivity contribution in [1.82, 2.24) is 5.43 Å². The molecule has 0 aromatic heterocycles. The minimum Gasteiger partial charge on any atom is -0.489 e. The van der Waals surface area contributed by atoms with Crippen molar-refractivity contribution in [2.45, 2.75) is 13.0 Å². The average molecular weight is 437 g/mol. The molecule has 0 bridgehead atoms. The van der Waals surface area contributed by atoms with Gasteiger partial charge in [-0.3, -0.25) is 20.4 Å². The zero-order chi connectivity index (χ0) is 22.5. The fourth-order valence-electron chi connectivity index (χ4n) is 3.37. The Kier molecular flexibility index (Phi) is 6.30. The molecule has 4 rings (SSSR count). The Hall–Kier alpha value is -3.94. The van der Waals surface area contributed by atoms with Crippen LogP contribution in [0.2, 0.25) is 0 Å². The number of benzene rings is 3. The van der Waals surface area contributed by atoms with E-state index in [0.717, 1.165) is 5.56 Å². The summed E-state index contributed by atoms with van der Waals surface area (Å²) in [6, 6.07) is 18.6. The number of nitrogens with one attached hydrogen (secondary N) is 2. The lowest BCUT2D eigenvalue weighted by Gasteiger charge is -2.17. The van der Waals surface area contributed by atoms with Crippen LogP contribution in [0, 0.1) is 17.6 Å². The van der Waals surface area contributed by atoms with Crippen molar-refractivity contribution in [2.24, 2.45) is 5.92 Å². The highest BCUT2D eigenvalue weighted by Crippen LogP contribution is 2.25. The standard InChI is InChI=1S/C24H21F2N3O3/c25-18-3-1-16(2-4-18)15-32-22-11-7-20(8-12-22)27-28-24(31)17-13-23(30)29(14-17)21-9-5-19(26)6-10-21/h1-12,17,27H,13-15H2,(H,28,31)/t17-/m0/s1. The van der Waals surface area contributed by atoms with Gasteiger partial charge < -0.3 is 9.64 Å². The summed E-state index contributed by atoms with van der Waals surface area (Å²) in [5, 5.41) is 0. The Morgan fingerprint density at radius 3 is 2.22 bits per heavy atom. The number of hydrogen-bond donors (Lipinski definition) is 2. The maximum atomic E-state index is 13.1. The number of carbonyl (C=O) groups excluding carboxylic acids is 2. The topological polar surface area (TPSA) is 70.7 Å². The lowest BCUT2D eigenvalue weighted by molar-refractivity contribution is -0.125. The van der Waals surface area contributed by atoms with Crippen LogP contribution in [0.5, 0.6) is 5.75 Å². The van der Waals surface area contributed by atoms with Crippen LogP contribution in [0.1, 0.15) is 12.0 Å². The van der Waals surface area contributed by atoms with Crippen LogP contribution in [-0.2, 0) is 16.2 Å². The molecule has 1 fully saturated rings. The second-order valence-electron chi connectivity index (χ2n) is 7.44. The summed E-state index contributed by atoms with van der Waals surface area (Å²) in [4.78, 5) is 26.2. The van der Waals surface area contributed by atoms with Crippen molar-refractivity contribution in [1.29, 1.82) is 0 Å². The second kappa shape index (κ2) is 9.47. The van der Waals surface area contributed by atoms with Crippen LogP contribution in [0.4, 0.5) is 20.2 Å². The fourth-order valence-corrected chi connectivity index (χ4v) is 3.37. The molecular formula is C24H21F2N3O3. The van der Waals surface area contributed by atoms with Crippen molar-refractivity contribution >= 4 is 23.2 Å². The number of nitrogens with zero attached hydrogens (tertiary/aromatic N) is 1. The van der Waals surface area contributed by atoms with Gasteiger partial charge in [0.05, 0.1) is 11.6 Å². The lowest BCUT2D eigenvalue weighted by atomic mass is 10.1. The van der Waals surface area contributed by atoms with Crippen LogP contribution in [0.25, 0.3) is 0 Å². The molecule has 32 heavy (non-hydrogen) atoms. The summed E-state index contributed by atoms with van der Waals surface area (Å²) in [5.41, 5.74) is 7.51. The number of carbonyl (C=O) groups is 2. The molecular weight excluding hydrogens is 416 g/mol. The summed E-state index contributed by atoms with van der Waals surface area (Å²) in [5.74, 6) is -1.05. The molecule has 3 aromatic rings. The predicted molar refractivity (Wildman–Crippen MR) is 116 cm³/mol. The van der Waals surface area contributed by atoms with E-state index >= 15 is 0 Å². The van der Waals surface area contributed by atoms with Gasteiger partial charge in [-0.05, 0) is 66.2 Å². The van der Waals surface area contributed by atoms with Gasteiger partial charge in [-0.1, -0.05) is 12.1 Å². The number of amides is 2. The molecule has 0 aliphatic carbocycles. The van der Waals surface area contributed by atoms with Gasteiger partial charge in [-0.15, -0.1) is 0 Å². The largest absolute Gasteiger partial charge is 0.489 e. The van der Waals surface area contributed by atoms with Crippen LogP contribution in [-0.4, -0.2) is 18.4 Å². The van der Waals surface area contributed by atoms with E-state index in [0.29, 0.717) is 23.7 Å². The molecule has 6 nitrogen and oxygen atoms in total. The smallest absolute Gasteiger partial charge is 0.243 e. The number of anilines is 2. The Labute approximate surface area is 183 Å². The minimum absolute atomic E-state index is 0.0844. The van der Waals surface area contributed by atoms with Crippen molar-refractivity contribution in [3.05, 3.63) is 90.0 Å². The summed E-state index contributed by atoms with van der Waals surface area (Å²) in [6.07, 6.45) is 0.0844. The second-order valence-corrected chi connectivity index (χ2v) is 7.44. The average Bonchev–Trinajstić information content (AvgIpc) is 3.20. The first-order valence-corrected chi connectivity index (χ1v) is 10.1. The third-order valence-electron chi connectivity index (χ3n) is 5.14. The third-order valence-corrected chi connectivity index (χ3v) is 5.14. The van der Waals surface area contributed by atoms with E-state index in [1.807, 2.05) is 0 Å². The number of rotatable bonds is 7. The van der Waals surface area contributed by atoms with Crippen molar-refractivity contribution in [3.8, 4) is 5.75 Å². The van der Waals surface area contributed by atoms with E-state index in [-0.39, 0.29) is 36.4 Å². The van der Waals surface area contributed by atoms with Gasteiger partial charge in [-0.2, -0.15) is 0 Å². The molecule has 1 aliphatic heterocycles. The molecule has 2 amide bonds. The van der Waals surface area contributed by atoms with Gasteiger partial charge in [0.25, 0.3) is 0 Å². The lowest BCUT2D eigenvalue weighted by Crippen LogP contribution is -2.36. The van der Waals surface area contributed by atoms with Gasteiger partial charge >= 0.3 is 0 Å². The van der Waals surface area contributed by atoms with Crippen molar-refractivity contribution in [3.63, 3.8) is 0 Å². The Morgan fingerprint density at radius 1 is 0.938 bits per heavy atom. The van der Waals surface area contributed by atoms with Crippen molar-refractivity contribution < 1.29 is 23.1 Å². The molecule has 2 N–H and O–H groups in total. The normalized spacial score (nSPS) is 15.5. The van der Waals surface area contributed by atoms with Crippen molar-refractivity contribution in [2.75, 3.05) is 16.9 Å². The first kappa shape index (κ1) is 21.3. The maximum absolute atomic E-state index is 13.1. The van der Waals surface area contributed by atoms with E-state index in [2.05, 4.69) is 10.9 Å². The molecule has 3 aromatic carbocycles. The first-order valence-electron chi connectivity index (χ1n) is 10.1. The van der Waals surface area contributed by atoms with Crippen LogP contribution in [0.3, 0.4) is 0 Å². The quantitative estimate of drug-likeness (QED) is 0.548. The summed E-state index contributed by atoms with van der Waals surface area (Å²) in [6.45, 7) is 0.540. The Balaban J connectivity index is 1.26. The zero-order valence-corrected chi connectivity index (χ0v) is 17.1. The monoisotopic (exact) mass is 437 g/mol. The molecule has 164 valence electrons. The molecule has 8 heteroatoms. The van der Waals surface area contributed by atoms with E-state index < -0.39 is 5.92 Å². The van der Waals surface area contributed by atoms with Crippen LogP contribution >= 0.6 is 0 Å². The maximum Gasteiger partial charge on any atom is 0.243 e. The molecule has 0 saturated carbocycles. The zero-order valence-electron chi connectivity index (χ0n) is 17.1. The number of ether oxygens (including phenoxy) is 1. The molecule has 0 unspecified atom stereocenters. The van der Waals surface area contributed by atoms with E-state index in [1.54, 1.807) is 36.4 Å². The minimum atomic E-state index is -0.515. The first-order chi connectivity index (χ1) is 15.5. The van der Waals surface area contributed by atoms with Gasteiger partial charge in [0, 0.05) is 18.7 Å². The molecule has 1 heterocycles. The van der Waals surface area contributed by atoms with Gasteiger partial charge in [0.2, 0.25) is 11.8 Å². The van der Waals surface area contributed by atoms with Gasteiger partial charge in [0.15, 0.2) is 0 Å². The van der Waals surface area contributed by atoms with Gasteiger partial charge in [0.1, 0.15) is 24.0 Å². The summed E-state index contributed by atoms with van der Waals surface area (Å²) in [7, 11) is 0. The fraction of sp³-hybridized carbons (Fsp3) is 0.167. The number of hydrogen-bond acceptors (Lipinski definition) is 4. The highest BCUT2D eigenvalue weighted by molar-refractivity contribution is 6.00. The van der Waals surface area contributed by atoms with Crippen LogP contribution in [0.15, 0.2) is 72.8 Å². The number of halogens is 2. The highest BCUT2D eigenvalue weighted by Gasteiger charge is 2.35. The Morgan fingerprint density at radius 2 is 1.56 bits per heavy atom. The Bertz CT molecular complexity index is 1090. The molecule has 1 atom stereocenters. The van der Waals surface area contributed by atoms with Crippen LogP contribution < -0.4 is 20.5 Å². The van der Waals surface area contributed by atoms with E-state index in [9.17, 15) is 18.4 Å². The van der Waals surface area contributed by atoms with E-state index in [4.69, 9.17) is 4.74 Å². The summed E-state index contributed by atoms with van der Waals surface area (Å²) >= 11 is 0. The van der Waals surface area contributed by atoms with E-state index in [1.165, 1.54) is 41.3 Å². The molecule has 1 aliphatic rings. The predicted octanol–water partition coefficient (Wildman–Crippen LogP) is 4.04. The summed E-state index contributed by atoms with van der Waals surface area (Å²) < 4.78 is 31.7. The third kappa shape index (κ3) is 5.21. The molecule has 0 radical (unpaired) electrons. The number of hydrazine groups is 1. The van der Waals surface area contributed by atoms with Gasteiger partial charge in [-0.25, -0.2) is 8.78 Å². The molecule has 0 spiro atoms. The highest BCUT2D eigenvalue weighted by atomic mass is 19.1. The molecule has 1 saturated heterocycles. The SMILES string of the molecule is O=C(NNc1ccc(OCc2ccc(F)cc2)cc1)[C@H]1CC(=O)N(c2ccc(F)cc2)C1.